The number of urea groups is 1. The van der Waals surface area contributed by atoms with Crippen molar-refractivity contribution < 1.29 is 14.7 Å². The molecule has 0 atom stereocenters. The second kappa shape index (κ2) is 8.96. The number of hydrogen-bond donors (Lipinski definition) is 3. The van der Waals surface area contributed by atoms with Crippen LogP contribution in [0.1, 0.15) is 19.3 Å². The SMILES string of the molecule is CN(C)CCNC(=O)NCCCCC(=O)O. The molecule has 0 saturated carbocycles. The number of carboxylic acids is 1. The summed E-state index contributed by atoms with van der Waals surface area (Å²) in [6, 6.07) is -0.197. The molecular formula is C10H21N3O3. The van der Waals surface area contributed by atoms with Crippen LogP contribution in [0.5, 0.6) is 0 Å². The second-order valence-corrected chi connectivity index (χ2v) is 3.84. The van der Waals surface area contributed by atoms with Gasteiger partial charge in [-0.3, -0.25) is 4.79 Å². The van der Waals surface area contributed by atoms with E-state index in [1.54, 1.807) is 0 Å². The van der Waals surface area contributed by atoms with Gasteiger partial charge in [-0.2, -0.15) is 0 Å². The largest absolute Gasteiger partial charge is 0.481 e. The summed E-state index contributed by atoms with van der Waals surface area (Å²) in [6.07, 6.45) is 1.44. The molecule has 0 aromatic heterocycles. The van der Waals surface area contributed by atoms with Gasteiger partial charge in [0.05, 0.1) is 0 Å². The smallest absolute Gasteiger partial charge is 0.314 e. The lowest BCUT2D eigenvalue weighted by Gasteiger charge is -2.11. The Morgan fingerprint density at radius 3 is 2.31 bits per heavy atom. The normalized spacial score (nSPS) is 10.2. The zero-order chi connectivity index (χ0) is 12.4. The lowest BCUT2D eigenvalue weighted by Crippen LogP contribution is -2.39. The van der Waals surface area contributed by atoms with Gasteiger partial charge in [0.15, 0.2) is 0 Å². The number of rotatable bonds is 8. The average molecular weight is 231 g/mol. The fraction of sp³-hybridized carbons (Fsp3) is 0.800. The fourth-order valence-electron chi connectivity index (χ4n) is 1.06. The highest BCUT2D eigenvalue weighted by Crippen LogP contribution is 1.92. The summed E-state index contributed by atoms with van der Waals surface area (Å²) < 4.78 is 0. The first-order valence-electron chi connectivity index (χ1n) is 5.40. The number of carbonyl (C=O) groups excluding carboxylic acids is 1. The second-order valence-electron chi connectivity index (χ2n) is 3.84. The lowest BCUT2D eigenvalue weighted by molar-refractivity contribution is -0.137. The topological polar surface area (TPSA) is 81.7 Å². The highest BCUT2D eigenvalue weighted by atomic mass is 16.4. The minimum atomic E-state index is -0.796. The van der Waals surface area contributed by atoms with E-state index < -0.39 is 5.97 Å². The molecule has 0 aromatic carbocycles. The Kier molecular flexibility index (Phi) is 8.24. The summed E-state index contributed by atoms with van der Waals surface area (Å²) in [5.74, 6) is -0.796. The van der Waals surface area contributed by atoms with Gasteiger partial charge in [-0.15, -0.1) is 0 Å². The van der Waals surface area contributed by atoms with Crippen LogP contribution in [0.4, 0.5) is 4.79 Å². The number of nitrogens with one attached hydrogen (secondary N) is 2. The summed E-state index contributed by atoms with van der Waals surface area (Å²) >= 11 is 0. The Hall–Kier alpha value is -1.30. The minimum Gasteiger partial charge on any atom is -0.481 e. The Morgan fingerprint density at radius 1 is 1.12 bits per heavy atom. The van der Waals surface area contributed by atoms with Crippen molar-refractivity contribution in [2.45, 2.75) is 19.3 Å². The minimum absolute atomic E-state index is 0.157. The quantitative estimate of drug-likeness (QED) is 0.518. The molecule has 0 aliphatic rings. The van der Waals surface area contributed by atoms with E-state index in [4.69, 9.17) is 5.11 Å². The van der Waals surface area contributed by atoms with Gasteiger partial charge in [0.2, 0.25) is 0 Å². The van der Waals surface area contributed by atoms with E-state index in [1.165, 1.54) is 0 Å². The molecule has 6 heteroatoms. The van der Waals surface area contributed by atoms with Crippen LogP contribution in [-0.2, 0) is 4.79 Å². The van der Waals surface area contributed by atoms with E-state index in [2.05, 4.69) is 10.6 Å². The molecule has 16 heavy (non-hydrogen) atoms. The number of amides is 2. The van der Waals surface area contributed by atoms with Crippen molar-refractivity contribution in [2.75, 3.05) is 33.7 Å². The van der Waals surface area contributed by atoms with Crippen molar-refractivity contribution in [1.29, 1.82) is 0 Å². The third kappa shape index (κ3) is 10.8. The molecule has 3 N–H and O–H groups in total. The maximum absolute atomic E-state index is 11.2. The molecule has 0 heterocycles. The van der Waals surface area contributed by atoms with Crippen molar-refractivity contribution in [1.82, 2.24) is 15.5 Å². The van der Waals surface area contributed by atoms with E-state index in [-0.39, 0.29) is 12.5 Å². The standard InChI is InChI=1S/C10H21N3O3/c1-13(2)8-7-12-10(16)11-6-4-3-5-9(14)15/h3-8H2,1-2H3,(H,14,15)(H2,11,12,16). The zero-order valence-corrected chi connectivity index (χ0v) is 9.95. The highest BCUT2D eigenvalue weighted by molar-refractivity contribution is 5.73. The molecule has 2 amide bonds. The van der Waals surface area contributed by atoms with Crippen molar-refractivity contribution in [3.63, 3.8) is 0 Å². The zero-order valence-electron chi connectivity index (χ0n) is 9.95. The molecule has 0 fully saturated rings. The predicted octanol–water partition coefficient (Wildman–Crippen LogP) is 0.102. The van der Waals surface area contributed by atoms with Crippen LogP contribution < -0.4 is 10.6 Å². The van der Waals surface area contributed by atoms with Gasteiger partial charge >= 0.3 is 12.0 Å². The lowest BCUT2D eigenvalue weighted by atomic mass is 10.2. The van der Waals surface area contributed by atoms with Gasteiger partial charge in [-0.1, -0.05) is 0 Å². The van der Waals surface area contributed by atoms with E-state index in [0.717, 1.165) is 6.54 Å². The number of likely N-dealkylation sites (N-methyl/N-ethyl adjacent to an activating group) is 1. The molecule has 0 aromatic rings. The van der Waals surface area contributed by atoms with Gasteiger partial charge in [0.1, 0.15) is 0 Å². The van der Waals surface area contributed by atoms with Gasteiger partial charge in [0, 0.05) is 26.1 Å². The molecule has 0 bridgehead atoms. The molecular weight excluding hydrogens is 210 g/mol. The van der Waals surface area contributed by atoms with Crippen molar-refractivity contribution in [3.05, 3.63) is 0 Å². The summed E-state index contributed by atoms with van der Waals surface area (Å²) in [6.45, 7) is 1.92. The average Bonchev–Trinajstić information content (AvgIpc) is 2.16. The van der Waals surface area contributed by atoms with Crippen LogP contribution in [0.3, 0.4) is 0 Å². The Labute approximate surface area is 96.0 Å². The first kappa shape index (κ1) is 14.7. The monoisotopic (exact) mass is 231 g/mol. The molecule has 0 rings (SSSR count). The summed E-state index contributed by atoms with van der Waals surface area (Å²) in [5.41, 5.74) is 0. The van der Waals surface area contributed by atoms with Crippen molar-refractivity contribution in [3.8, 4) is 0 Å². The number of unbranched alkanes of at least 4 members (excludes halogenated alkanes) is 1. The maximum atomic E-state index is 11.2. The Bertz CT molecular complexity index is 219. The van der Waals surface area contributed by atoms with E-state index in [0.29, 0.717) is 25.9 Å². The molecule has 0 radical (unpaired) electrons. The van der Waals surface area contributed by atoms with Gasteiger partial charge in [-0.05, 0) is 26.9 Å². The van der Waals surface area contributed by atoms with Gasteiger partial charge < -0.3 is 20.6 Å². The van der Waals surface area contributed by atoms with Crippen LogP contribution in [0.2, 0.25) is 0 Å². The van der Waals surface area contributed by atoms with Crippen LogP contribution in [0, 0.1) is 0 Å². The number of carboxylic acid groups (broad SMARTS) is 1. The van der Waals surface area contributed by atoms with Crippen LogP contribution in [0.15, 0.2) is 0 Å². The third-order valence-corrected chi connectivity index (χ3v) is 1.95. The van der Waals surface area contributed by atoms with Crippen LogP contribution >= 0.6 is 0 Å². The highest BCUT2D eigenvalue weighted by Gasteiger charge is 2.00. The molecule has 0 aliphatic heterocycles. The fourth-order valence-corrected chi connectivity index (χ4v) is 1.06. The first-order valence-corrected chi connectivity index (χ1v) is 5.40. The van der Waals surface area contributed by atoms with Gasteiger partial charge in [0.25, 0.3) is 0 Å². The maximum Gasteiger partial charge on any atom is 0.314 e. The summed E-state index contributed by atoms with van der Waals surface area (Å²) in [4.78, 5) is 23.3. The van der Waals surface area contributed by atoms with Crippen LogP contribution in [0.25, 0.3) is 0 Å². The van der Waals surface area contributed by atoms with Gasteiger partial charge in [-0.25, -0.2) is 4.79 Å². The van der Waals surface area contributed by atoms with Crippen LogP contribution in [-0.4, -0.2) is 55.7 Å². The predicted molar refractivity (Wildman–Crippen MR) is 61.4 cm³/mol. The number of aliphatic carboxylic acids is 1. The molecule has 0 spiro atoms. The summed E-state index contributed by atoms with van der Waals surface area (Å²) in [7, 11) is 3.87. The molecule has 0 aliphatic carbocycles. The van der Waals surface area contributed by atoms with E-state index in [1.807, 2.05) is 19.0 Å². The van der Waals surface area contributed by atoms with Crippen molar-refractivity contribution in [2.24, 2.45) is 0 Å². The number of hydrogen-bond acceptors (Lipinski definition) is 3. The number of carbonyl (C=O) groups is 2. The van der Waals surface area contributed by atoms with E-state index in [9.17, 15) is 9.59 Å². The molecule has 0 saturated heterocycles. The molecule has 0 unspecified atom stereocenters. The van der Waals surface area contributed by atoms with Crippen molar-refractivity contribution >= 4 is 12.0 Å². The Balaban J connectivity index is 3.27. The number of nitrogens with zero attached hydrogens (tertiary/aromatic N) is 1. The third-order valence-electron chi connectivity index (χ3n) is 1.95. The molecule has 94 valence electrons. The van der Waals surface area contributed by atoms with E-state index >= 15 is 0 Å². The Morgan fingerprint density at radius 2 is 1.75 bits per heavy atom. The first-order chi connectivity index (χ1) is 7.52. The molecule has 6 nitrogen and oxygen atoms in total. The summed E-state index contributed by atoms with van der Waals surface area (Å²) in [5, 5.41) is 13.8.